The second-order valence-corrected chi connectivity index (χ2v) is 13.8. The summed E-state index contributed by atoms with van der Waals surface area (Å²) in [6.45, 7) is 19.2. The molecule has 2 saturated heterocycles. The minimum atomic E-state index is -0.963. The van der Waals surface area contributed by atoms with Crippen LogP contribution in [0.25, 0.3) is 0 Å². The van der Waals surface area contributed by atoms with Gasteiger partial charge in [-0.15, -0.1) is 6.58 Å². The van der Waals surface area contributed by atoms with Crippen LogP contribution in [0.5, 0.6) is 0 Å². The van der Waals surface area contributed by atoms with Crippen LogP contribution in [-0.4, -0.2) is 104 Å². The number of ether oxygens (including phenoxy) is 4. The van der Waals surface area contributed by atoms with E-state index in [0.717, 1.165) is 43.4 Å². The topological polar surface area (TPSA) is 132 Å². The molecule has 3 aliphatic rings. The predicted molar refractivity (Wildman–Crippen MR) is 181 cm³/mol. The third-order valence-corrected chi connectivity index (χ3v) is 9.75. The highest BCUT2D eigenvalue weighted by atomic mass is 16.6. The number of allylic oxidation sites excluding steroid dienone is 1. The molecule has 0 spiro atoms. The molecule has 0 radical (unpaired) electrons. The average molecular weight is 669 g/mol. The van der Waals surface area contributed by atoms with Gasteiger partial charge >= 0.3 is 12.1 Å². The van der Waals surface area contributed by atoms with E-state index in [2.05, 4.69) is 39.2 Å². The molecule has 0 aromatic carbocycles. The summed E-state index contributed by atoms with van der Waals surface area (Å²) in [6, 6.07) is -0.0824. The molecule has 1 aliphatic carbocycles. The zero-order valence-electron chi connectivity index (χ0n) is 31.0. The van der Waals surface area contributed by atoms with E-state index >= 15 is 0 Å². The van der Waals surface area contributed by atoms with E-state index in [1.54, 1.807) is 6.92 Å². The number of carbonyl (C=O) groups excluding carboxylic acids is 4. The number of amides is 2. The first-order chi connectivity index (χ1) is 22.1. The first kappa shape index (κ1) is 42.7. The quantitative estimate of drug-likeness (QED) is 0.150. The molecule has 0 aromatic heterocycles. The molecule has 0 aromatic rings. The Labute approximate surface area is 283 Å². The number of nitrogens with zero attached hydrogens (tertiary/aromatic N) is 2. The van der Waals surface area contributed by atoms with Crippen LogP contribution in [0.2, 0.25) is 0 Å². The van der Waals surface area contributed by atoms with Crippen molar-refractivity contribution in [1.82, 2.24) is 9.80 Å². The number of cyclic esters (lactones) is 1. The lowest BCUT2D eigenvalue weighted by atomic mass is 9.51. The number of hydrogen-bond donors (Lipinski definition) is 1. The Bertz CT molecular complexity index is 1010. The molecule has 10 atom stereocenters. The molecule has 1 N–H and O–H groups in total. The van der Waals surface area contributed by atoms with Crippen LogP contribution >= 0.6 is 0 Å². The number of carbonyl (C=O) groups is 4. The lowest BCUT2D eigenvalue weighted by Gasteiger charge is -2.55. The summed E-state index contributed by atoms with van der Waals surface area (Å²) in [5.74, 6) is -2.46. The fourth-order valence-electron chi connectivity index (χ4n) is 7.03. The number of ketones is 1. The molecule has 47 heavy (non-hydrogen) atoms. The zero-order chi connectivity index (χ0) is 36.1. The van der Waals surface area contributed by atoms with E-state index in [9.17, 15) is 24.3 Å². The van der Waals surface area contributed by atoms with Gasteiger partial charge in [0.25, 0.3) is 0 Å². The zero-order valence-corrected chi connectivity index (χ0v) is 31.0. The standard InChI is InChI=1S/C25H39NO7.C8H17NO2.C3H8/c1-8-10-16(4)25(9-2)12-11-19(25)21-20(33-24(30)26(21)18(6)27)14-32-23(29)17(5)22(28)15(3)13-31-7;1-6-4-7(9(2)3)5-8(10)11-6;1-3-2/h9,15-17,19-21H,2,8,10-14H2,1,3-7H3;6-8,10H,4-5H2,1-3H3;3H2,1-2H3/t15-,16-,17?,19?,20?,21?,25+;;/m1../s1. The maximum absolute atomic E-state index is 12.6. The predicted octanol–water partition coefficient (Wildman–Crippen LogP) is 5.62. The van der Waals surface area contributed by atoms with E-state index in [-0.39, 0.29) is 36.4 Å². The highest BCUT2D eigenvalue weighted by molar-refractivity contribution is 5.99. The summed E-state index contributed by atoms with van der Waals surface area (Å²) in [6.07, 6.45) is 6.84. The fraction of sp³-hybridized carbons (Fsp3) is 0.833. The second-order valence-electron chi connectivity index (χ2n) is 13.8. The van der Waals surface area contributed by atoms with E-state index in [1.165, 1.54) is 27.4 Å². The molecule has 11 nitrogen and oxygen atoms in total. The van der Waals surface area contributed by atoms with Gasteiger partial charge in [0.1, 0.15) is 12.5 Å². The largest absolute Gasteiger partial charge is 0.461 e. The minimum Gasteiger partial charge on any atom is -0.461 e. The van der Waals surface area contributed by atoms with Crippen LogP contribution in [0, 0.1) is 29.1 Å². The van der Waals surface area contributed by atoms with Crippen LogP contribution in [0.15, 0.2) is 12.7 Å². The van der Waals surface area contributed by atoms with Gasteiger partial charge in [0.2, 0.25) is 5.91 Å². The molecule has 3 rings (SSSR count). The average Bonchev–Trinajstić information content (AvgIpc) is 3.30. The first-order valence-corrected chi connectivity index (χ1v) is 17.4. The minimum absolute atomic E-state index is 0.0311. The number of aliphatic hydroxyl groups is 1. The number of aliphatic hydroxyl groups excluding tert-OH is 1. The number of Topliss-reactive ketones (excluding diaryl/α,β-unsaturated/α-hetero) is 1. The van der Waals surface area contributed by atoms with Crippen LogP contribution in [-0.2, 0) is 33.3 Å². The van der Waals surface area contributed by atoms with Gasteiger partial charge in [-0.05, 0) is 64.5 Å². The fourth-order valence-corrected chi connectivity index (χ4v) is 7.03. The van der Waals surface area contributed by atoms with Crippen molar-refractivity contribution in [3.63, 3.8) is 0 Å². The summed E-state index contributed by atoms with van der Waals surface area (Å²) in [5.41, 5.74) is -0.219. The third kappa shape index (κ3) is 11.4. The van der Waals surface area contributed by atoms with Gasteiger partial charge in [0, 0.05) is 32.4 Å². The number of methoxy groups -OCH3 is 1. The Hall–Kier alpha value is -2.34. The van der Waals surface area contributed by atoms with Gasteiger partial charge in [-0.3, -0.25) is 14.4 Å². The summed E-state index contributed by atoms with van der Waals surface area (Å²) in [5, 5.41) is 9.25. The van der Waals surface area contributed by atoms with Gasteiger partial charge in [-0.1, -0.05) is 60.0 Å². The van der Waals surface area contributed by atoms with E-state index < -0.39 is 48.2 Å². The highest BCUT2D eigenvalue weighted by Gasteiger charge is 2.59. The molecular formula is C36H64N2O9. The van der Waals surface area contributed by atoms with Crippen LogP contribution < -0.4 is 0 Å². The molecule has 1 saturated carbocycles. The third-order valence-electron chi connectivity index (χ3n) is 9.75. The van der Waals surface area contributed by atoms with E-state index in [0.29, 0.717) is 12.0 Å². The van der Waals surface area contributed by atoms with Crippen molar-refractivity contribution in [3.8, 4) is 0 Å². The molecule has 2 aliphatic heterocycles. The van der Waals surface area contributed by atoms with Gasteiger partial charge in [-0.2, -0.15) is 0 Å². The summed E-state index contributed by atoms with van der Waals surface area (Å²) in [4.78, 5) is 53.2. The molecule has 2 amide bonds. The second kappa shape index (κ2) is 20.2. The summed E-state index contributed by atoms with van der Waals surface area (Å²) < 4.78 is 21.1. The van der Waals surface area contributed by atoms with E-state index in [1.807, 2.05) is 27.1 Å². The van der Waals surface area contributed by atoms with Gasteiger partial charge in [0.15, 0.2) is 18.2 Å². The smallest absolute Gasteiger partial charge is 0.417 e. The molecule has 2 heterocycles. The van der Waals surface area contributed by atoms with Crippen molar-refractivity contribution < 1.29 is 43.2 Å². The molecule has 3 fully saturated rings. The highest BCUT2D eigenvalue weighted by Crippen LogP contribution is 2.57. The summed E-state index contributed by atoms with van der Waals surface area (Å²) >= 11 is 0. The molecule has 11 heteroatoms. The molecular weight excluding hydrogens is 604 g/mol. The SMILES string of the molecule is C=C[C@@]1([C@H](C)CCC)CCC1C1C(COC(=O)C(C)C(=O)[C@H](C)COC)OC(=O)N1C(C)=O.CC1CC(N(C)C)CC(O)O1.CCC. The Balaban J connectivity index is 0.000000653. The van der Waals surface area contributed by atoms with Crippen molar-refractivity contribution in [2.24, 2.45) is 29.1 Å². The normalized spacial score (nSPS) is 30.3. The molecule has 0 bridgehead atoms. The monoisotopic (exact) mass is 668 g/mol. The van der Waals surface area contributed by atoms with Crippen molar-refractivity contribution in [2.45, 2.75) is 131 Å². The van der Waals surface area contributed by atoms with Crippen LogP contribution in [0.4, 0.5) is 4.79 Å². The van der Waals surface area contributed by atoms with Crippen molar-refractivity contribution in [3.05, 3.63) is 12.7 Å². The van der Waals surface area contributed by atoms with Gasteiger partial charge < -0.3 is 29.0 Å². The maximum Gasteiger partial charge on any atom is 0.417 e. The van der Waals surface area contributed by atoms with Crippen molar-refractivity contribution >= 4 is 23.8 Å². The van der Waals surface area contributed by atoms with Crippen molar-refractivity contribution in [2.75, 3.05) is 34.4 Å². The molecule has 7 unspecified atom stereocenters. The van der Waals surface area contributed by atoms with E-state index in [4.69, 9.17) is 18.9 Å². The molecule has 272 valence electrons. The Morgan fingerprint density at radius 1 is 1.17 bits per heavy atom. The Morgan fingerprint density at radius 2 is 1.79 bits per heavy atom. The Kier molecular flexibility index (Phi) is 18.4. The van der Waals surface area contributed by atoms with Crippen LogP contribution in [0.3, 0.4) is 0 Å². The summed E-state index contributed by atoms with van der Waals surface area (Å²) in [7, 11) is 5.57. The number of hydrogen-bond acceptors (Lipinski definition) is 10. The Morgan fingerprint density at radius 3 is 2.23 bits per heavy atom. The van der Waals surface area contributed by atoms with Gasteiger partial charge in [0.05, 0.1) is 18.8 Å². The number of rotatable bonds is 13. The lowest BCUT2D eigenvalue weighted by molar-refractivity contribution is -0.172. The maximum atomic E-state index is 12.6. The number of imide groups is 1. The van der Waals surface area contributed by atoms with Gasteiger partial charge in [-0.25, -0.2) is 9.69 Å². The lowest BCUT2D eigenvalue weighted by Crippen LogP contribution is -2.57. The number of esters is 1. The first-order valence-electron chi connectivity index (χ1n) is 17.4. The van der Waals surface area contributed by atoms with Crippen LogP contribution in [0.1, 0.15) is 100 Å². The van der Waals surface area contributed by atoms with Crippen molar-refractivity contribution in [1.29, 1.82) is 0 Å².